The Morgan fingerprint density at radius 3 is 2.67 bits per heavy atom. The summed E-state index contributed by atoms with van der Waals surface area (Å²) in [5.41, 5.74) is 0.896. The second-order valence-corrected chi connectivity index (χ2v) is 8.20. The lowest BCUT2D eigenvalue weighted by atomic mass is 10.3. The van der Waals surface area contributed by atoms with Crippen LogP contribution in [0.3, 0.4) is 0 Å². The first-order valence-corrected chi connectivity index (χ1v) is 10.8. The van der Waals surface area contributed by atoms with Gasteiger partial charge >= 0.3 is 0 Å². The van der Waals surface area contributed by atoms with Crippen LogP contribution in [0.5, 0.6) is 5.75 Å². The number of hydrogen-bond acceptors (Lipinski definition) is 6. The zero-order valence-electron chi connectivity index (χ0n) is 16.0. The minimum absolute atomic E-state index is 0.0932. The Bertz CT molecular complexity index is 873. The van der Waals surface area contributed by atoms with E-state index in [1.807, 2.05) is 40.6 Å². The first-order valence-electron chi connectivity index (χ1n) is 9.14. The van der Waals surface area contributed by atoms with Crippen molar-refractivity contribution in [2.45, 2.75) is 20.3 Å². The Balaban J connectivity index is 1.86. The number of rotatable bonds is 9. The summed E-state index contributed by atoms with van der Waals surface area (Å²) >= 11 is 3.16. The van der Waals surface area contributed by atoms with Crippen molar-refractivity contribution in [2.24, 2.45) is 0 Å². The van der Waals surface area contributed by atoms with E-state index in [9.17, 15) is 4.79 Å². The third kappa shape index (κ3) is 4.86. The van der Waals surface area contributed by atoms with E-state index in [2.05, 4.69) is 18.7 Å². The van der Waals surface area contributed by atoms with Gasteiger partial charge in [0.15, 0.2) is 5.13 Å². The van der Waals surface area contributed by atoms with E-state index < -0.39 is 0 Å². The van der Waals surface area contributed by atoms with E-state index in [1.165, 1.54) is 0 Å². The minimum Gasteiger partial charge on any atom is -0.497 e. The first kappa shape index (κ1) is 19.8. The number of methoxy groups -OCH3 is 1. The van der Waals surface area contributed by atoms with Crippen LogP contribution in [0.1, 0.15) is 18.7 Å². The Morgan fingerprint density at radius 2 is 2.00 bits per heavy atom. The lowest BCUT2D eigenvalue weighted by Gasteiger charge is -2.24. The van der Waals surface area contributed by atoms with E-state index in [1.54, 1.807) is 29.8 Å². The van der Waals surface area contributed by atoms with Gasteiger partial charge in [-0.25, -0.2) is 4.98 Å². The molecule has 5 nitrogen and oxygen atoms in total. The number of anilines is 1. The van der Waals surface area contributed by atoms with E-state index in [4.69, 9.17) is 9.72 Å². The van der Waals surface area contributed by atoms with Crippen molar-refractivity contribution < 1.29 is 9.53 Å². The van der Waals surface area contributed by atoms with Crippen LogP contribution in [-0.2, 0) is 11.2 Å². The van der Waals surface area contributed by atoms with E-state index in [0.29, 0.717) is 13.0 Å². The largest absolute Gasteiger partial charge is 0.497 e. The molecule has 0 aliphatic heterocycles. The van der Waals surface area contributed by atoms with Gasteiger partial charge in [0.2, 0.25) is 5.91 Å². The van der Waals surface area contributed by atoms with E-state index in [0.717, 1.165) is 45.6 Å². The van der Waals surface area contributed by atoms with Gasteiger partial charge in [0.1, 0.15) is 5.75 Å². The Labute approximate surface area is 168 Å². The third-order valence-electron chi connectivity index (χ3n) is 4.56. The molecule has 0 saturated carbocycles. The smallest absolute Gasteiger partial charge is 0.234 e. The van der Waals surface area contributed by atoms with Gasteiger partial charge in [-0.05, 0) is 42.7 Å². The summed E-state index contributed by atoms with van der Waals surface area (Å²) in [6.45, 7) is 7.71. The molecule has 0 atom stereocenters. The van der Waals surface area contributed by atoms with Gasteiger partial charge in [-0.2, -0.15) is 0 Å². The first-order chi connectivity index (χ1) is 13.1. The van der Waals surface area contributed by atoms with Gasteiger partial charge in [0.05, 0.1) is 23.7 Å². The SMILES string of the molecule is CCN(CC)CCN(C(=O)Cc1cccs1)c1nc2ccc(OC)cc2s1. The number of thiazole rings is 1. The van der Waals surface area contributed by atoms with Crippen molar-refractivity contribution in [3.63, 3.8) is 0 Å². The lowest BCUT2D eigenvalue weighted by Crippen LogP contribution is -2.39. The highest BCUT2D eigenvalue weighted by Crippen LogP contribution is 2.32. The molecule has 0 aliphatic carbocycles. The predicted octanol–water partition coefficient (Wildman–Crippen LogP) is 4.28. The van der Waals surface area contributed by atoms with Crippen molar-refractivity contribution in [1.82, 2.24) is 9.88 Å². The summed E-state index contributed by atoms with van der Waals surface area (Å²) in [5.74, 6) is 0.896. The number of carbonyl (C=O) groups excluding carboxylic acids is 1. The monoisotopic (exact) mass is 403 g/mol. The molecule has 0 fully saturated rings. The van der Waals surface area contributed by atoms with Crippen LogP contribution >= 0.6 is 22.7 Å². The highest BCUT2D eigenvalue weighted by Gasteiger charge is 2.21. The molecule has 3 aromatic rings. The third-order valence-corrected chi connectivity index (χ3v) is 6.47. The summed E-state index contributed by atoms with van der Waals surface area (Å²) in [7, 11) is 1.66. The molecule has 7 heteroatoms. The predicted molar refractivity (Wildman–Crippen MR) is 114 cm³/mol. The van der Waals surface area contributed by atoms with Crippen LogP contribution in [0.25, 0.3) is 10.2 Å². The van der Waals surface area contributed by atoms with Crippen molar-refractivity contribution >= 4 is 43.9 Å². The molecule has 3 rings (SSSR count). The molecule has 0 radical (unpaired) electrons. The Morgan fingerprint density at radius 1 is 1.19 bits per heavy atom. The molecule has 2 aromatic heterocycles. The van der Waals surface area contributed by atoms with Crippen LogP contribution in [0.4, 0.5) is 5.13 Å². The number of likely N-dealkylation sites (N-methyl/N-ethyl adjacent to an activating group) is 1. The zero-order chi connectivity index (χ0) is 19.2. The maximum atomic E-state index is 13.1. The number of carbonyl (C=O) groups is 1. The van der Waals surface area contributed by atoms with E-state index in [-0.39, 0.29) is 5.91 Å². The van der Waals surface area contributed by atoms with Crippen LogP contribution in [0, 0.1) is 0 Å². The lowest BCUT2D eigenvalue weighted by molar-refractivity contribution is -0.118. The van der Waals surface area contributed by atoms with Gasteiger partial charge in [0, 0.05) is 18.0 Å². The fourth-order valence-electron chi connectivity index (χ4n) is 2.90. The van der Waals surface area contributed by atoms with Gasteiger partial charge < -0.3 is 9.64 Å². The molecule has 0 spiro atoms. The molecule has 1 amide bonds. The number of aromatic nitrogens is 1. The van der Waals surface area contributed by atoms with Crippen LogP contribution in [0.2, 0.25) is 0 Å². The molecular formula is C20H25N3O2S2. The van der Waals surface area contributed by atoms with Gasteiger partial charge in [-0.15, -0.1) is 11.3 Å². The number of nitrogens with zero attached hydrogens (tertiary/aromatic N) is 3. The normalized spacial score (nSPS) is 11.3. The topological polar surface area (TPSA) is 45.7 Å². The van der Waals surface area contributed by atoms with Crippen molar-refractivity contribution in [3.05, 3.63) is 40.6 Å². The molecule has 0 unspecified atom stereocenters. The second-order valence-electron chi connectivity index (χ2n) is 6.16. The molecule has 0 aliphatic rings. The number of fused-ring (bicyclic) bond motifs is 1. The average molecular weight is 404 g/mol. The van der Waals surface area contributed by atoms with Crippen molar-refractivity contribution in [1.29, 1.82) is 0 Å². The molecule has 1 aromatic carbocycles. The fraction of sp³-hybridized carbons (Fsp3) is 0.400. The maximum Gasteiger partial charge on any atom is 0.234 e. The molecule has 144 valence electrons. The number of ether oxygens (including phenoxy) is 1. The molecule has 27 heavy (non-hydrogen) atoms. The highest BCUT2D eigenvalue weighted by atomic mass is 32.1. The Hall–Kier alpha value is -1.96. The quantitative estimate of drug-likeness (QED) is 0.535. The average Bonchev–Trinajstić information content (AvgIpc) is 3.33. The number of hydrogen-bond donors (Lipinski definition) is 0. The summed E-state index contributed by atoms with van der Waals surface area (Å²) in [5, 5.41) is 2.76. The van der Waals surface area contributed by atoms with Crippen molar-refractivity contribution in [2.75, 3.05) is 38.2 Å². The molecule has 2 heterocycles. The van der Waals surface area contributed by atoms with Crippen molar-refractivity contribution in [3.8, 4) is 5.75 Å². The second kappa shape index (κ2) is 9.30. The molecule has 0 N–H and O–H groups in total. The number of amides is 1. The van der Waals surface area contributed by atoms with Gasteiger partial charge in [-0.3, -0.25) is 9.69 Å². The Kier molecular flexibility index (Phi) is 6.82. The molecule has 0 bridgehead atoms. The standard InChI is InChI=1S/C20H25N3O2S2/c1-4-22(5-2)10-11-23(19(24)14-16-7-6-12-26-16)20-21-17-9-8-15(25-3)13-18(17)27-20/h6-9,12-13H,4-5,10-11,14H2,1-3H3. The zero-order valence-corrected chi connectivity index (χ0v) is 17.6. The highest BCUT2D eigenvalue weighted by molar-refractivity contribution is 7.22. The summed E-state index contributed by atoms with van der Waals surface area (Å²) < 4.78 is 6.34. The minimum atomic E-state index is 0.0932. The molecule has 0 saturated heterocycles. The van der Waals surface area contributed by atoms with Crippen LogP contribution < -0.4 is 9.64 Å². The van der Waals surface area contributed by atoms with E-state index >= 15 is 0 Å². The summed E-state index contributed by atoms with van der Waals surface area (Å²) in [6, 6.07) is 9.81. The van der Waals surface area contributed by atoms with Gasteiger partial charge in [0.25, 0.3) is 0 Å². The van der Waals surface area contributed by atoms with Gasteiger partial charge in [-0.1, -0.05) is 31.3 Å². The summed E-state index contributed by atoms with van der Waals surface area (Å²) in [4.78, 5) is 23.0. The maximum absolute atomic E-state index is 13.1. The number of thiophene rings is 1. The van der Waals surface area contributed by atoms with Crippen LogP contribution in [-0.4, -0.2) is 49.1 Å². The fourth-order valence-corrected chi connectivity index (χ4v) is 4.63. The van der Waals surface area contributed by atoms with Crippen LogP contribution in [0.15, 0.2) is 35.7 Å². The number of benzene rings is 1. The summed E-state index contributed by atoms with van der Waals surface area (Å²) in [6.07, 6.45) is 0.412. The molecular weight excluding hydrogens is 378 g/mol.